The molecule has 3 aliphatic heterocycles. The predicted octanol–water partition coefficient (Wildman–Crippen LogP) is 4.39. The molecule has 13 nitrogen and oxygen atoms in total. The monoisotopic (exact) mass is 725 g/mol. The first-order valence-electron chi connectivity index (χ1n) is 16.5. The van der Waals surface area contributed by atoms with E-state index in [1.165, 1.54) is 18.8 Å². The number of carbonyl (C=O) groups excluding carboxylic acids is 1. The molecule has 6 rings (SSSR count). The van der Waals surface area contributed by atoms with Crippen LogP contribution in [0.25, 0.3) is 22.2 Å². The lowest BCUT2D eigenvalue weighted by atomic mass is 9.75. The van der Waals surface area contributed by atoms with Gasteiger partial charge >= 0.3 is 0 Å². The Morgan fingerprint density at radius 2 is 1.82 bits per heavy atom. The van der Waals surface area contributed by atoms with Crippen LogP contribution in [-0.4, -0.2) is 109 Å². The number of carbonyl (C=O) groups is 1. The molecule has 0 radical (unpaired) electrons. The first-order valence-corrected chi connectivity index (χ1v) is 17.2. The second-order valence-corrected chi connectivity index (χ2v) is 14.3. The highest BCUT2D eigenvalue weighted by Gasteiger charge is 2.52. The van der Waals surface area contributed by atoms with Gasteiger partial charge in [0.25, 0.3) is 11.5 Å². The van der Waals surface area contributed by atoms with Crippen LogP contribution in [0.3, 0.4) is 0 Å². The summed E-state index contributed by atoms with van der Waals surface area (Å²) in [4.78, 5) is 40.4. The number of nitrogens with zero attached hydrogens (tertiary/aromatic N) is 6. The van der Waals surface area contributed by atoms with Crippen LogP contribution in [0, 0.1) is 16.7 Å². The molecular weight excluding hydrogens is 685 g/mol. The topological polar surface area (TPSA) is 144 Å². The van der Waals surface area contributed by atoms with Crippen LogP contribution in [0.2, 0.25) is 10.0 Å². The van der Waals surface area contributed by atoms with Gasteiger partial charge in [-0.25, -0.2) is 4.98 Å². The van der Waals surface area contributed by atoms with Crippen molar-refractivity contribution in [3.63, 3.8) is 0 Å². The molecule has 0 unspecified atom stereocenters. The molecule has 266 valence electrons. The van der Waals surface area contributed by atoms with Crippen molar-refractivity contribution in [3.8, 4) is 28.7 Å². The predicted molar refractivity (Wildman–Crippen MR) is 190 cm³/mol. The van der Waals surface area contributed by atoms with Crippen LogP contribution in [0.1, 0.15) is 26.7 Å². The van der Waals surface area contributed by atoms with E-state index in [0.717, 1.165) is 26.3 Å². The highest BCUT2D eigenvalue weighted by atomic mass is 35.5. The zero-order chi connectivity index (χ0) is 35.8. The Morgan fingerprint density at radius 3 is 2.38 bits per heavy atom. The number of ether oxygens (including phenoxy) is 4. The van der Waals surface area contributed by atoms with E-state index in [1.807, 2.05) is 13.8 Å². The molecule has 1 aromatic carbocycles. The van der Waals surface area contributed by atoms with Crippen LogP contribution in [0.15, 0.2) is 34.8 Å². The maximum absolute atomic E-state index is 14.1. The molecule has 1 amide bonds. The van der Waals surface area contributed by atoms with Gasteiger partial charge in [0.2, 0.25) is 5.95 Å². The third-order valence-corrected chi connectivity index (χ3v) is 10.6. The number of halogens is 2. The first-order chi connectivity index (χ1) is 23.9. The van der Waals surface area contributed by atoms with Crippen molar-refractivity contribution in [1.29, 1.82) is 5.26 Å². The van der Waals surface area contributed by atoms with Gasteiger partial charge in [-0.2, -0.15) is 10.2 Å². The van der Waals surface area contributed by atoms with E-state index in [-0.39, 0.29) is 62.9 Å². The number of likely N-dealkylation sites (tertiary alicyclic amines) is 2. The number of nitriles is 1. The number of benzene rings is 1. The number of rotatable bonds is 11. The number of hydrogen-bond donors (Lipinski definition) is 1. The second kappa shape index (κ2) is 14.4. The Bertz CT molecular complexity index is 1890. The third kappa shape index (κ3) is 6.75. The lowest BCUT2D eigenvalue weighted by Gasteiger charge is -2.59. The number of hydrogen-bond acceptors (Lipinski definition) is 11. The van der Waals surface area contributed by atoms with E-state index in [4.69, 9.17) is 42.1 Å². The highest BCUT2D eigenvalue weighted by molar-refractivity contribution is 6.41. The number of anilines is 1. The minimum absolute atomic E-state index is 0.133. The quantitative estimate of drug-likeness (QED) is 0.222. The van der Waals surface area contributed by atoms with Gasteiger partial charge in [-0.05, 0) is 38.8 Å². The van der Waals surface area contributed by atoms with Gasteiger partial charge in [-0.1, -0.05) is 23.2 Å². The van der Waals surface area contributed by atoms with Crippen LogP contribution in [0.5, 0.6) is 11.5 Å². The van der Waals surface area contributed by atoms with E-state index in [2.05, 4.69) is 26.3 Å². The Balaban J connectivity index is 1.15. The standard InChI is InChI=1S/C35H41Cl2N7O6/c1-34(2,43-17-35(18-43)19-49-20-35)14-22(15-38)31(45)42-8-6-23(7-9-42)50-11-10-44-30-21(16-40-33(39-3)41-30)12-24(32(44)46)27-28(36)25(47-4)13-26(48-5)29(27)37/h12-14,16,23H,6-11,17-20H2,1-5H3,(H,39,40,41)/b22-14-. The van der Waals surface area contributed by atoms with Crippen LogP contribution in [-0.2, 0) is 20.8 Å². The first kappa shape index (κ1) is 35.9. The SMILES string of the molecule is CNc1ncc2cc(-c3c(Cl)c(OC)cc(OC)c3Cl)c(=O)n(CCOC3CCN(C(=O)/C(C#N)=C\C(C)(C)N4CC5(COC5)C4)CC3)c2n1. The largest absolute Gasteiger partial charge is 0.495 e. The molecule has 3 fully saturated rings. The number of aromatic nitrogens is 3. The summed E-state index contributed by atoms with van der Waals surface area (Å²) in [5.74, 6) is 0.700. The molecule has 15 heteroatoms. The van der Waals surface area contributed by atoms with Crippen molar-refractivity contribution in [1.82, 2.24) is 24.3 Å². The fourth-order valence-corrected chi connectivity index (χ4v) is 7.53. The molecule has 0 aliphatic carbocycles. The molecule has 3 aliphatic rings. The molecular formula is C35H41Cl2N7O6. The van der Waals surface area contributed by atoms with Gasteiger partial charge in [0.1, 0.15) is 28.8 Å². The normalized spacial score (nSPS) is 18.0. The fourth-order valence-electron chi connectivity index (χ4n) is 6.83. The molecule has 2 aromatic heterocycles. The fraction of sp³-hybridized carbons (Fsp3) is 0.514. The summed E-state index contributed by atoms with van der Waals surface area (Å²) in [6.45, 7) is 8.73. The van der Waals surface area contributed by atoms with Gasteiger partial charge in [-0.3, -0.25) is 19.1 Å². The van der Waals surface area contributed by atoms with E-state index in [9.17, 15) is 14.9 Å². The van der Waals surface area contributed by atoms with E-state index in [1.54, 1.807) is 36.4 Å². The van der Waals surface area contributed by atoms with Crippen molar-refractivity contribution in [2.75, 3.05) is 72.6 Å². The van der Waals surface area contributed by atoms with Gasteiger partial charge in [0.15, 0.2) is 0 Å². The van der Waals surface area contributed by atoms with E-state index < -0.39 is 5.54 Å². The zero-order valence-corrected chi connectivity index (χ0v) is 30.4. The van der Waals surface area contributed by atoms with Crippen molar-refractivity contribution in [3.05, 3.63) is 50.4 Å². The summed E-state index contributed by atoms with van der Waals surface area (Å²) < 4.78 is 24.0. The van der Waals surface area contributed by atoms with Crippen molar-refractivity contribution in [2.24, 2.45) is 5.41 Å². The molecule has 1 N–H and O–H groups in total. The Hall–Kier alpha value is -3.93. The maximum Gasteiger partial charge on any atom is 0.264 e. The molecule has 3 saturated heterocycles. The smallest absolute Gasteiger partial charge is 0.264 e. The summed E-state index contributed by atoms with van der Waals surface area (Å²) in [5.41, 5.74) is 0.512. The highest BCUT2D eigenvalue weighted by Crippen LogP contribution is 2.45. The third-order valence-electron chi connectivity index (χ3n) is 9.82. The summed E-state index contributed by atoms with van der Waals surface area (Å²) >= 11 is 13.4. The molecule has 0 saturated carbocycles. The van der Waals surface area contributed by atoms with Crippen LogP contribution < -0.4 is 20.3 Å². The van der Waals surface area contributed by atoms with Crippen molar-refractivity contribution < 1.29 is 23.7 Å². The summed E-state index contributed by atoms with van der Waals surface area (Å²) in [6.07, 6.45) is 4.48. The van der Waals surface area contributed by atoms with Crippen molar-refractivity contribution in [2.45, 2.75) is 44.9 Å². The number of fused-ring (bicyclic) bond motifs is 1. The Morgan fingerprint density at radius 1 is 1.16 bits per heavy atom. The molecule has 3 aromatic rings. The average molecular weight is 727 g/mol. The van der Waals surface area contributed by atoms with Crippen LogP contribution >= 0.6 is 23.2 Å². The Labute approximate surface area is 300 Å². The molecule has 0 atom stereocenters. The van der Waals surface area contributed by atoms with Gasteiger partial charge in [0, 0.05) is 67.4 Å². The number of nitrogens with one attached hydrogen (secondary N) is 1. The van der Waals surface area contributed by atoms with Gasteiger partial charge < -0.3 is 29.2 Å². The van der Waals surface area contributed by atoms with E-state index >= 15 is 0 Å². The minimum Gasteiger partial charge on any atom is -0.495 e. The van der Waals surface area contributed by atoms with E-state index in [0.29, 0.717) is 54.4 Å². The summed E-state index contributed by atoms with van der Waals surface area (Å²) in [6, 6.07) is 5.36. The van der Waals surface area contributed by atoms with Crippen LogP contribution in [0.4, 0.5) is 5.95 Å². The number of pyridine rings is 1. The lowest BCUT2D eigenvalue weighted by Crippen LogP contribution is -2.70. The lowest BCUT2D eigenvalue weighted by molar-refractivity contribution is -0.204. The number of amides is 1. The maximum atomic E-state index is 14.1. The Kier molecular flexibility index (Phi) is 10.3. The summed E-state index contributed by atoms with van der Waals surface area (Å²) in [5, 5.41) is 13.8. The zero-order valence-electron chi connectivity index (χ0n) is 28.8. The molecule has 1 spiro atoms. The molecule has 0 bridgehead atoms. The number of methoxy groups -OCH3 is 2. The minimum atomic E-state index is -0.420. The average Bonchev–Trinajstić information content (AvgIpc) is 3.07. The van der Waals surface area contributed by atoms with Gasteiger partial charge in [0.05, 0.1) is 62.3 Å². The summed E-state index contributed by atoms with van der Waals surface area (Å²) in [7, 11) is 4.63. The second-order valence-electron chi connectivity index (χ2n) is 13.6. The molecule has 50 heavy (non-hydrogen) atoms. The number of piperidine rings is 1. The van der Waals surface area contributed by atoms with Gasteiger partial charge in [-0.15, -0.1) is 0 Å². The van der Waals surface area contributed by atoms with Crippen molar-refractivity contribution >= 4 is 46.1 Å². The molecule has 5 heterocycles.